The minimum Gasteiger partial charge on any atom is -0.480 e. The van der Waals surface area contributed by atoms with Crippen molar-refractivity contribution in [2.45, 2.75) is 32.9 Å². The maximum atomic E-state index is 10.7. The summed E-state index contributed by atoms with van der Waals surface area (Å²) in [5.74, 6) is -0.544. The van der Waals surface area contributed by atoms with Gasteiger partial charge in [0.05, 0.1) is 0 Å². The van der Waals surface area contributed by atoms with Gasteiger partial charge in [0.15, 0.2) is 11.9 Å². The van der Waals surface area contributed by atoms with E-state index in [-0.39, 0.29) is 6.61 Å². The molecule has 0 fully saturated rings. The highest BCUT2D eigenvalue weighted by atomic mass is 16.5. The van der Waals surface area contributed by atoms with Gasteiger partial charge in [0.2, 0.25) is 0 Å². The number of ether oxygens (including phenoxy) is 1. The molecule has 1 aromatic rings. The van der Waals surface area contributed by atoms with Crippen LogP contribution in [-0.4, -0.2) is 37.9 Å². The smallest absolute Gasteiger partial charge is 0.328 e. The standard InChI is InChI=1S/C8H14N4O3/c1-3-4-15-5-7-9-10-11-12(7)6(2)8(13)14/h6H,3-5H2,1-2H3,(H,13,14). The van der Waals surface area contributed by atoms with Gasteiger partial charge in [-0.05, 0) is 23.8 Å². The zero-order valence-corrected chi connectivity index (χ0v) is 8.75. The van der Waals surface area contributed by atoms with E-state index in [2.05, 4.69) is 15.5 Å². The number of tetrazole rings is 1. The Morgan fingerprint density at radius 3 is 3.00 bits per heavy atom. The number of rotatable bonds is 6. The molecule has 0 aliphatic carbocycles. The van der Waals surface area contributed by atoms with Gasteiger partial charge in [-0.25, -0.2) is 9.48 Å². The quantitative estimate of drug-likeness (QED) is 0.682. The van der Waals surface area contributed by atoms with Crippen molar-refractivity contribution in [1.82, 2.24) is 20.2 Å². The normalized spacial score (nSPS) is 12.7. The lowest BCUT2D eigenvalue weighted by molar-refractivity contribution is -0.140. The maximum absolute atomic E-state index is 10.7. The summed E-state index contributed by atoms with van der Waals surface area (Å²) in [6, 6.07) is -0.778. The van der Waals surface area contributed by atoms with Crippen molar-refractivity contribution in [2.75, 3.05) is 6.61 Å². The number of aromatic nitrogens is 4. The second kappa shape index (κ2) is 5.40. The van der Waals surface area contributed by atoms with E-state index in [4.69, 9.17) is 9.84 Å². The van der Waals surface area contributed by atoms with Gasteiger partial charge in [0.25, 0.3) is 0 Å². The van der Waals surface area contributed by atoms with E-state index in [1.54, 1.807) is 0 Å². The summed E-state index contributed by atoms with van der Waals surface area (Å²) in [5.41, 5.74) is 0. The number of aliphatic carboxylic acids is 1. The van der Waals surface area contributed by atoms with E-state index >= 15 is 0 Å². The lowest BCUT2D eigenvalue weighted by atomic mass is 10.3. The van der Waals surface area contributed by atoms with Crippen molar-refractivity contribution in [3.63, 3.8) is 0 Å². The highest BCUT2D eigenvalue weighted by molar-refractivity contribution is 5.71. The third-order valence-electron chi connectivity index (χ3n) is 1.86. The molecule has 1 N–H and O–H groups in total. The first-order chi connectivity index (χ1) is 7.16. The van der Waals surface area contributed by atoms with E-state index in [1.165, 1.54) is 11.6 Å². The molecule has 1 rings (SSSR count). The predicted octanol–water partition coefficient (Wildman–Crippen LogP) is 0.245. The highest BCUT2D eigenvalue weighted by Crippen LogP contribution is 2.06. The van der Waals surface area contributed by atoms with Crippen LogP contribution in [0.2, 0.25) is 0 Å². The number of carboxylic acid groups (broad SMARTS) is 1. The Labute approximate surface area is 87.0 Å². The van der Waals surface area contributed by atoms with E-state index in [9.17, 15) is 4.79 Å². The van der Waals surface area contributed by atoms with Gasteiger partial charge in [0, 0.05) is 6.61 Å². The Balaban J connectivity index is 2.64. The molecule has 84 valence electrons. The van der Waals surface area contributed by atoms with Crippen molar-refractivity contribution in [2.24, 2.45) is 0 Å². The predicted molar refractivity (Wildman–Crippen MR) is 50.1 cm³/mol. The second-order valence-electron chi connectivity index (χ2n) is 3.11. The third-order valence-corrected chi connectivity index (χ3v) is 1.86. The fourth-order valence-corrected chi connectivity index (χ4v) is 1.02. The van der Waals surface area contributed by atoms with Crippen molar-refractivity contribution in [3.8, 4) is 0 Å². The van der Waals surface area contributed by atoms with Gasteiger partial charge < -0.3 is 9.84 Å². The van der Waals surface area contributed by atoms with Crippen LogP contribution in [-0.2, 0) is 16.1 Å². The summed E-state index contributed by atoms with van der Waals surface area (Å²) in [5, 5.41) is 19.5. The maximum Gasteiger partial charge on any atom is 0.328 e. The zero-order valence-electron chi connectivity index (χ0n) is 8.75. The molecule has 1 aromatic heterocycles. The highest BCUT2D eigenvalue weighted by Gasteiger charge is 2.18. The lowest BCUT2D eigenvalue weighted by Crippen LogP contribution is -2.19. The molecule has 7 nitrogen and oxygen atoms in total. The van der Waals surface area contributed by atoms with Gasteiger partial charge in [-0.2, -0.15) is 0 Å². The van der Waals surface area contributed by atoms with Crippen LogP contribution in [0.15, 0.2) is 0 Å². The van der Waals surface area contributed by atoms with Crippen LogP contribution in [0.1, 0.15) is 32.1 Å². The summed E-state index contributed by atoms with van der Waals surface area (Å²) in [4.78, 5) is 10.7. The molecule has 0 radical (unpaired) electrons. The van der Waals surface area contributed by atoms with Crippen LogP contribution in [0.3, 0.4) is 0 Å². The van der Waals surface area contributed by atoms with Crippen LogP contribution in [0.4, 0.5) is 0 Å². The molecular formula is C8H14N4O3. The molecule has 0 bridgehead atoms. The van der Waals surface area contributed by atoms with Crippen molar-refractivity contribution >= 4 is 5.97 Å². The molecule has 0 aliphatic rings. The molecule has 0 amide bonds. The molecular weight excluding hydrogens is 200 g/mol. The van der Waals surface area contributed by atoms with E-state index < -0.39 is 12.0 Å². The Morgan fingerprint density at radius 1 is 1.67 bits per heavy atom. The number of carboxylic acids is 1. The molecule has 0 aliphatic heterocycles. The Morgan fingerprint density at radius 2 is 2.40 bits per heavy atom. The van der Waals surface area contributed by atoms with Gasteiger partial charge in [-0.1, -0.05) is 6.92 Å². The number of hydrogen-bond acceptors (Lipinski definition) is 5. The summed E-state index contributed by atoms with van der Waals surface area (Å²) in [6.45, 7) is 4.34. The molecule has 0 saturated heterocycles. The Bertz CT molecular complexity index is 325. The summed E-state index contributed by atoms with van der Waals surface area (Å²) in [7, 11) is 0. The lowest BCUT2D eigenvalue weighted by Gasteiger charge is -2.08. The summed E-state index contributed by atoms with van der Waals surface area (Å²) < 4.78 is 6.49. The van der Waals surface area contributed by atoms with Gasteiger partial charge in [-0.3, -0.25) is 0 Å². The van der Waals surface area contributed by atoms with Crippen LogP contribution in [0, 0.1) is 0 Å². The average Bonchev–Trinajstić information content (AvgIpc) is 2.65. The molecule has 15 heavy (non-hydrogen) atoms. The Hall–Kier alpha value is -1.50. The molecule has 7 heteroatoms. The molecule has 1 heterocycles. The van der Waals surface area contributed by atoms with Crippen molar-refractivity contribution in [3.05, 3.63) is 5.82 Å². The number of nitrogens with zero attached hydrogens (tertiary/aromatic N) is 4. The monoisotopic (exact) mass is 214 g/mol. The van der Waals surface area contributed by atoms with E-state index in [0.29, 0.717) is 12.4 Å². The van der Waals surface area contributed by atoms with Gasteiger partial charge in [0.1, 0.15) is 6.61 Å². The minimum absolute atomic E-state index is 0.235. The molecule has 0 spiro atoms. The average molecular weight is 214 g/mol. The Kier molecular flexibility index (Phi) is 4.17. The van der Waals surface area contributed by atoms with Crippen molar-refractivity contribution < 1.29 is 14.6 Å². The molecule has 1 unspecified atom stereocenters. The largest absolute Gasteiger partial charge is 0.480 e. The van der Waals surface area contributed by atoms with Gasteiger partial charge >= 0.3 is 5.97 Å². The van der Waals surface area contributed by atoms with Crippen LogP contribution < -0.4 is 0 Å². The number of hydrogen-bond donors (Lipinski definition) is 1. The zero-order chi connectivity index (χ0) is 11.3. The van der Waals surface area contributed by atoms with E-state index in [0.717, 1.165) is 6.42 Å². The fraction of sp³-hybridized carbons (Fsp3) is 0.750. The van der Waals surface area contributed by atoms with E-state index in [1.807, 2.05) is 6.92 Å². The van der Waals surface area contributed by atoms with Crippen LogP contribution >= 0.6 is 0 Å². The summed E-state index contributed by atoms with van der Waals surface area (Å²) in [6.07, 6.45) is 0.899. The minimum atomic E-state index is -0.973. The number of carbonyl (C=O) groups is 1. The first kappa shape index (κ1) is 11.6. The third kappa shape index (κ3) is 2.98. The first-order valence-corrected chi connectivity index (χ1v) is 4.74. The van der Waals surface area contributed by atoms with Crippen LogP contribution in [0.25, 0.3) is 0 Å². The molecule has 0 aromatic carbocycles. The molecule has 1 atom stereocenters. The van der Waals surface area contributed by atoms with Crippen molar-refractivity contribution in [1.29, 1.82) is 0 Å². The van der Waals surface area contributed by atoms with Crippen LogP contribution in [0.5, 0.6) is 0 Å². The first-order valence-electron chi connectivity index (χ1n) is 4.74. The second-order valence-corrected chi connectivity index (χ2v) is 3.11. The topological polar surface area (TPSA) is 90.1 Å². The SMILES string of the molecule is CCCOCc1nnnn1C(C)C(=O)O. The summed E-state index contributed by atoms with van der Waals surface area (Å²) >= 11 is 0. The van der Waals surface area contributed by atoms with Gasteiger partial charge in [-0.15, -0.1) is 5.10 Å². The molecule has 0 saturated carbocycles. The fourth-order valence-electron chi connectivity index (χ4n) is 1.02.